The second-order valence-corrected chi connectivity index (χ2v) is 19.6. The van der Waals surface area contributed by atoms with Gasteiger partial charge in [0.25, 0.3) is 0 Å². The molecular weight excluding hydrogens is 796 g/mol. The molecule has 64 heavy (non-hydrogen) atoms. The van der Waals surface area contributed by atoms with Crippen LogP contribution in [0.5, 0.6) is 0 Å². The van der Waals surface area contributed by atoms with Crippen LogP contribution >= 0.6 is 11.8 Å². The number of hydrogen-bond donors (Lipinski definition) is 0. The largest absolute Gasteiger partial charge is 0.454 e. The number of anilines is 5. The van der Waals surface area contributed by atoms with E-state index < -0.39 is 0 Å². The summed E-state index contributed by atoms with van der Waals surface area (Å²) in [5, 5.41) is 2.30. The number of furan rings is 1. The van der Waals surface area contributed by atoms with E-state index in [9.17, 15) is 0 Å². The summed E-state index contributed by atoms with van der Waals surface area (Å²) in [6, 6.07) is 61.9. The van der Waals surface area contributed by atoms with Crippen molar-refractivity contribution in [1.29, 1.82) is 0 Å². The zero-order valence-corrected chi connectivity index (χ0v) is 37.9. The number of unbranched alkanes of at least 4 members (excludes halogenated alkanes) is 2. The molecule has 8 aromatic carbocycles. The van der Waals surface area contributed by atoms with Gasteiger partial charge in [0.15, 0.2) is 5.58 Å². The molecule has 312 valence electrons. The van der Waals surface area contributed by atoms with Gasteiger partial charge in [0.1, 0.15) is 5.58 Å². The van der Waals surface area contributed by atoms with Crippen LogP contribution in [0.2, 0.25) is 0 Å². The van der Waals surface area contributed by atoms with Gasteiger partial charge in [-0.3, -0.25) is 0 Å². The SMILES string of the molecule is CCCCc1ccc(N2c3ccc(CCCC)cc3B3c4c(cc5c(oc6ccccc65)c42)-c2cc4c(cc2N3c2ccc(-c3ccccc3)cc2)Sc2ccccc2C4(C)C)cc1. The number of hydrogen-bond acceptors (Lipinski definition) is 4. The molecule has 0 bridgehead atoms. The van der Waals surface area contributed by atoms with Gasteiger partial charge < -0.3 is 14.1 Å². The summed E-state index contributed by atoms with van der Waals surface area (Å²) in [5.74, 6) is 0. The summed E-state index contributed by atoms with van der Waals surface area (Å²) in [5.41, 5.74) is 20.7. The molecular formula is C59H51BN2OS. The summed E-state index contributed by atoms with van der Waals surface area (Å²) in [7, 11) is 0. The number of nitrogens with zero attached hydrogens (tertiary/aromatic N) is 2. The van der Waals surface area contributed by atoms with Gasteiger partial charge in [-0.15, -0.1) is 0 Å². The lowest BCUT2D eigenvalue weighted by Gasteiger charge is -2.46. The van der Waals surface area contributed by atoms with Crippen molar-refractivity contribution < 1.29 is 4.42 Å². The Kier molecular flexibility index (Phi) is 9.42. The first-order valence-corrected chi connectivity index (χ1v) is 24.1. The second kappa shape index (κ2) is 15.4. The Morgan fingerprint density at radius 2 is 1.25 bits per heavy atom. The molecule has 3 nitrogen and oxygen atoms in total. The summed E-state index contributed by atoms with van der Waals surface area (Å²) < 4.78 is 7.14. The van der Waals surface area contributed by atoms with Gasteiger partial charge in [-0.1, -0.05) is 155 Å². The van der Waals surface area contributed by atoms with Gasteiger partial charge in [0, 0.05) is 54.3 Å². The van der Waals surface area contributed by atoms with Crippen LogP contribution in [-0.2, 0) is 18.3 Å². The van der Waals surface area contributed by atoms with E-state index in [0.29, 0.717) is 0 Å². The van der Waals surface area contributed by atoms with E-state index in [1.165, 1.54) is 95.1 Å². The third kappa shape index (κ3) is 6.11. The highest BCUT2D eigenvalue weighted by Gasteiger charge is 2.48. The second-order valence-electron chi connectivity index (χ2n) is 18.5. The Labute approximate surface area is 381 Å². The van der Waals surface area contributed by atoms with Crippen molar-refractivity contribution in [2.24, 2.45) is 0 Å². The van der Waals surface area contributed by atoms with Crippen molar-refractivity contribution in [2.75, 3.05) is 9.71 Å². The summed E-state index contributed by atoms with van der Waals surface area (Å²) in [6.45, 7) is 9.26. The maximum Gasteiger partial charge on any atom is 0.333 e. The minimum absolute atomic E-state index is 0.124. The Bertz CT molecular complexity index is 3260. The fourth-order valence-corrected chi connectivity index (χ4v) is 12.3. The van der Waals surface area contributed by atoms with Crippen LogP contribution in [0.25, 0.3) is 44.2 Å². The maximum absolute atomic E-state index is 7.14. The van der Waals surface area contributed by atoms with E-state index >= 15 is 0 Å². The first-order valence-electron chi connectivity index (χ1n) is 23.3. The van der Waals surface area contributed by atoms with Gasteiger partial charge in [-0.25, -0.2) is 0 Å². The van der Waals surface area contributed by atoms with Crippen molar-refractivity contribution in [3.63, 3.8) is 0 Å². The quantitative estimate of drug-likeness (QED) is 0.135. The van der Waals surface area contributed by atoms with Crippen molar-refractivity contribution in [3.8, 4) is 22.3 Å². The lowest BCUT2D eigenvalue weighted by atomic mass is 9.43. The average molecular weight is 847 g/mol. The Hall–Kier alpha value is -6.43. The molecule has 1 aromatic heterocycles. The summed E-state index contributed by atoms with van der Waals surface area (Å²) in [4.78, 5) is 7.87. The van der Waals surface area contributed by atoms with E-state index in [-0.39, 0.29) is 12.3 Å². The van der Waals surface area contributed by atoms with Crippen molar-refractivity contribution >= 4 is 79.9 Å². The van der Waals surface area contributed by atoms with Crippen molar-refractivity contribution in [3.05, 3.63) is 186 Å². The highest BCUT2D eigenvalue weighted by Crippen LogP contribution is 2.56. The molecule has 0 radical (unpaired) electrons. The smallest absolute Gasteiger partial charge is 0.333 e. The normalized spacial score (nSPS) is 14.3. The topological polar surface area (TPSA) is 19.6 Å². The number of fused-ring (bicyclic) bond motifs is 10. The Morgan fingerprint density at radius 1 is 0.562 bits per heavy atom. The average Bonchev–Trinajstić information content (AvgIpc) is 3.71. The summed E-state index contributed by atoms with van der Waals surface area (Å²) >= 11 is 1.92. The maximum atomic E-state index is 7.14. The van der Waals surface area contributed by atoms with Crippen LogP contribution in [0.3, 0.4) is 0 Å². The van der Waals surface area contributed by atoms with Gasteiger partial charge in [-0.05, 0) is 136 Å². The number of rotatable bonds is 9. The number of benzene rings is 8. The van der Waals surface area contributed by atoms with Crippen molar-refractivity contribution in [2.45, 2.75) is 81.4 Å². The zero-order chi connectivity index (χ0) is 43.1. The first kappa shape index (κ1) is 39.2. The molecule has 0 saturated heterocycles. The Morgan fingerprint density at radius 3 is 2.05 bits per heavy atom. The minimum Gasteiger partial charge on any atom is -0.454 e. The molecule has 0 unspecified atom stereocenters. The summed E-state index contributed by atoms with van der Waals surface area (Å²) in [6.07, 6.45) is 6.81. The predicted molar refractivity (Wildman–Crippen MR) is 273 cm³/mol. The molecule has 0 aliphatic carbocycles. The van der Waals surface area contributed by atoms with E-state index in [1.54, 1.807) is 0 Å². The fourth-order valence-electron chi connectivity index (χ4n) is 10.9. The molecule has 12 rings (SSSR count). The van der Waals surface area contributed by atoms with E-state index in [4.69, 9.17) is 4.42 Å². The van der Waals surface area contributed by atoms with Crippen LogP contribution in [0.15, 0.2) is 178 Å². The molecule has 5 heteroatoms. The molecule has 0 amide bonds. The van der Waals surface area contributed by atoms with Crippen molar-refractivity contribution in [1.82, 2.24) is 0 Å². The van der Waals surface area contributed by atoms with Crippen LogP contribution in [0.1, 0.15) is 75.6 Å². The van der Waals surface area contributed by atoms with Gasteiger partial charge in [-0.2, -0.15) is 0 Å². The Balaban J connectivity index is 1.19. The zero-order valence-electron chi connectivity index (χ0n) is 37.1. The standard InChI is InChI=1S/C59H51BN2OS/c1-5-7-16-38-24-29-42(30-25-38)61-51-33-26-39(17-8-6-2)34-50(51)60-56-46(35-47-44-20-12-14-22-53(44)63-58(47)57(56)61)45-36-49-55(64-54-23-15-13-21-48(54)59(49,3)4)37-52(45)62(60)43-31-27-41(28-32-43)40-18-10-9-11-19-40/h9-15,18-37H,5-8,16-17H2,1-4H3. The molecule has 0 fully saturated rings. The molecule has 0 spiro atoms. The van der Waals surface area contributed by atoms with E-state index in [1.807, 2.05) is 11.8 Å². The monoisotopic (exact) mass is 846 g/mol. The molecule has 3 aliphatic rings. The lowest BCUT2D eigenvalue weighted by molar-refractivity contribution is 0.607. The van der Waals surface area contributed by atoms with Crippen LogP contribution in [0.4, 0.5) is 28.4 Å². The minimum atomic E-state index is -0.190. The third-order valence-electron chi connectivity index (χ3n) is 14.3. The van der Waals surface area contributed by atoms with Gasteiger partial charge in [0.2, 0.25) is 0 Å². The molecule has 0 N–H and O–H groups in total. The van der Waals surface area contributed by atoms with Gasteiger partial charge in [0.05, 0.1) is 5.69 Å². The van der Waals surface area contributed by atoms with Crippen LogP contribution in [-0.4, -0.2) is 6.85 Å². The highest BCUT2D eigenvalue weighted by molar-refractivity contribution is 7.99. The number of para-hydroxylation sites is 1. The van der Waals surface area contributed by atoms with Crippen LogP contribution < -0.4 is 20.6 Å². The molecule has 0 saturated carbocycles. The molecule has 3 aliphatic heterocycles. The number of aryl methyl sites for hydroxylation is 2. The predicted octanol–water partition coefficient (Wildman–Crippen LogP) is 15.4. The third-order valence-corrected chi connectivity index (χ3v) is 15.4. The molecule has 9 aromatic rings. The van der Waals surface area contributed by atoms with Gasteiger partial charge >= 0.3 is 6.85 Å². The highest BCUT2D eigenvalue weighted by atomic mass is 32.2. The molecule has 0 atom stereocenters. The lowest BCUT2D eigenvalue weighted by Crippen LogP contribution is -2.61. The first-order chi connectivity index (χ1) is 31.4. The van der Waals surface area contributed by atoms with E-state index in [0.717, 1.165) is 59.0 Å². The fraction of sp³-hybridized carbons (Fsp3) is 0.186. The molecule has 4 heterocycles. The van der Waals surface area contributed by atoms with Crippen LogP contribution in [0, 0.1) is 0 Å². The van der Waals surface area contributed by atoms with E-state index in [2.05, 4.69) is 201 Å².